The average Bonchev–Trinajstić information content (AvgIpc) is 2.28. The van der Waals surface area contributed by atoms with Gasteiger partial charge in [-0.25, -0.2) is 4.39 Å². The number of rotatable bonds is 0. The number of benzene rings is 1. The second-order valence-corrected chi connectivity index (χ2v) is 2.78. The van der Waals surface area contributed by atoms with Gasteiger partial charge in [0, 0.05) is 16.6 Å². The van der Waals surface area contributed by atoms with Crippen LogP contribution in [0.5, 0.6) is 0 Å². The van der Waals surface area contributed by atoms with Crippen LogP contribution in [-0.2, 0) is 0 Å². The highest BCUT2D eigenvalue weighted by molar-refractivity contribution is 5.81. The van der Waals surface area contributed by atoms with Crippen LogP contribution in [0.2, 0.25) is 0 Å². The molecule has 0 amide bonds. The molecule has 0 aliphatic heterocycles. The Hall–Kier alpha value is -1.51. The maximum absolute atomic E-state index is 12.7. The Kier molecular flexibility index (Phi) is 1.33. The van der Waals surface area contributed by atoms with Crippen LogP contribution in [0.25, 0.3) is 10.9 Å². The first-order valence-corrected chi connectivity index (χ1v) is 3.63. The molecule has 1 heterocycles. The van der Waals surface area contributed by atoms with Gasteiger partial charge >= 0.3 is 0 Å². The lowest BCUT2D eigenvalue weighted by molar-refractivity contribution is 0.629. The van der Waals surface area contributed by atoms with Crippen molar-refractivity contribution in [1.29, 1.82) is 0 Å². The minimum absolute atomic E-state index is 0.312. The molecule has 0 fully saturated rings. The van der Waals surface area contributed by atoms with Gasteiger partial charge in [-0.1, -0.05) is 0 Å². The summed E-state index contributed by atoms with van der Waals surface area (Å²) in [6.45, 7) is 1.70. The van der Waals surface area contributed by atoms with Crippen LogP contribution < -0.4 is 0 Å². The maximum atomic E-state index is 12.7. The van der Waals surface area contributed by atoms with Crippen molar-refractivity contribution in [3.63, 3.8) is 0 Å². The van der Waals surface area contributed by atoms with Crippen LogP contribution in [-0.4, -0.2) is 4.73 Å². The standard InChI is InChI=1S/C9H7FNO/c1-6-4-7-5-8(10)2-3-9(7)11(6)12/h2-5H,1H3/q-1. The zero-order valence-corrected chi connectivity index (χ0v) is 6.54. The van der Waals surface area contributed by atoms with E-state index in [2.05, 4.69) is 0 Å². The topological polar surface area (TPSA) is 28.0 Å². The summed E-state index contributed by atoms with van der Waals surface area (Å²) in [6, 6.07) is 5.81. The molecule has 2 rings (SSSR count). The normalized spacial score (nSPS) is 10.8. The van der Waals surface area contributed by atoms with Crippen LogP contribution in [0.3, 0.4) is 0 Å². The third kappa shape index (κ3) is 0.863. The largest absolute Gasteiger partial charge is 0.805 e. The molecule has 2 nitrogen and oxygen atoms in total. The summed E-state index contributed by atoms with van der Waals surface area (Å²) < 4.78 is 13.5. The van der Waals surface area contributed by atoms with Gasteiger partial charge in [0.05, 0.1) is 0 Å². The van der Waals surface area contributed by atoms with E-state index in [1.165, 1.54) is 18.2 Å². The number of fused-ring (bicyclic) bond motifs is 1. The third-order valence-corrected chi connectivity index (χ3v) is 1.89. The fourth-order valence-corrected chi connectivity index (χ4v) is 1.30. The van der Waals surface area contributed by atoms with E-state index < -0.39 is 0 Å². The Bertz CT molecular complexity index is 433. The summed E-state index contributed by atoms with van der Waals surface area (Å²) in [4.78, 5) is 0. The molecule has 0 bridgehead atoms. The lowest BCUT2D eigenvalue weighted by Crippen LogP contribution is -1.86. The van der Waals surface area contributed by atoms with Gasteiger partial charge in [0.25, 0.3) is 0 Å². The van der Waals surface area contributed by atoms with Gasteiger partial charge in [0.1, 0.15) is 5.82 Å². The van der Waals surface area contributed by atoms with Crippen LogP contribution >= 0.6 is 0 Å². The van der Waals surface area contributed by atoms with E-state index in [-0.39, 0.29) is 5.82 Å². The molecular weight excluding hydrogens is 157 g/mol. The van der Waals surface area contributed by atoms with Gasteiger partial charge in [-0.05, 0) is 31.2 Å². The van der Waals surface area contributed by atoms with Crippen molar-refractivity contribution in [2.45, 2.75) is 6.92 Å². The molecule has 0 atom stereocenters. The molecule has 0 unspecified atom stereocenters. The van der Waals surface area contributed by atoms with Gasteiger partial charge < -0.3 is 9.94 Å². The number of nitrogens with zero attached hydrogens (tertiary/aromatic N) is 1. The van der Waals surface area contributed by atoms with Crippen molar-refractivity contribution in [3.05, 3.63) is 41.0 Å². The van der Waals surface area contributed by atoms with Crippen LogP contribution in [0, 0.1) is 17.9 Å². The highest BCUT2D eigenvalue weighted by atomic mass is 19.1. The van der Waals surface area contributed by atoms with Crippen molar-refractivity contribution in [3.8, 4) is 0 Å². The van der Waals surface area contributed by atoms with Gasteiger partial charge in [-0.3, -0.25) is 0 Å². The highest BCUT2D eigenvalue weighted by Gasteiger charge is 1.99. The molecule has 1 aromatic heterocycles. The van der Waals surface area contributed by atoms with Gasteiger partial charge in [-0.15, -0.1) is 0 Å². The van der Waals surface area contributed by atoms with Gasteiger partial charge in [-0.2, -0.15) is 0 Å². The summed E-state index contributed by atoms with van der Waals surface area (Å²) in [7, 11) is 0. The molecule has 62 valence electrons. The molecule has 0 saturated carbocycles. The van der Waals surface area contributed by atoms with E-state index in [0.717, 1.165) is 4.73 Å². The quantitative estimate of drug-likeness (QED) is 0.587. The average molecular weight is 164 g/mol. The second-order valence-electron chi connectivity index (χ2n) is 2.78. The molecule has 0 saturated heterocycles. The van der Waals surface area contributed by atoms with Crippen LogP contribution in [0.1, 0.15) is 5.69 Å². The number of hydrogen-bond acceptors (Lipinski definition) is 1. The summed E-state index contributed by atoms with van der Waals surface area (Å²) in [6.07, 6.45) is 0. The monoisotopic (exact) mass is 164 g/mol. The number of halogens is 1. The minimum Gasteiger partial charge on any atom is -0.805 e. The van der Waals surface area contributed by atoms with Crippen molar-refractivity contribution in [2.24, 2.45) is 0 Å². The molecule has 0 aliphatic carbocycles. The molecular formula is C9H7FNO-. The summed E-state index contributed by atoms with van der Waals surface area (Å²) in [5.74, 6) is -0.312. The first kappa shape index (κ1) is 7.16. The van der Waals surface area contributed by atoms with E-state index in [1.54, 1.807) is 13.0 Å². The summed E-state index contributed by atoms with van der Waals surface area (Å²) in [5.41, 5.74) is 1.12. The lowest BCUT2D eigenvalue weighted by atomic mass is 10.2. The molecule has 1 aromatic carbocycles. The van der Waals surface area contributed by atoms with E-state index in [1.807, 2.05) is 0 Å². The molecule has 2 aromatic rings. The van der Waals surface area contributed by atoms with Crippen molar-refractivity contribution in [2.75, 3.05) is 0 Å². The number of hydrogen-bond donors (Lipinski definition) is 0. The number of aryl methyl sites for hydroxylation is 1. The highest BCUT2D eigenvalue weighted by Crippen LogP contribution is 2.18. The first-order chi connectivity index (χ1) is 5.68. The SMILES string of the molecule is Cc1cc2cc(F)ccc2n1[O-]. The third-order valence-electron chi connectivity index (χ3n) is 1.89. The minimum atomic E-state index is -0.312. The fraction of sp³-hybridized carbons (Fsp3) is 0.111. The summed E-state index contributed by atoms with van der Waals surface area (Å²) >= 11 is 0. The predicted molar refractivity (Wildman–Crippen MR) is 45.4 cm³/mol. The lowest BCUT2D eigenvalue weighted by Gasteiger charge is -2.10. The Morgan fingerprint density at radius 3 is 2.83 bits per heavy atom. The van der Waals surface area contributed by atoms with E-state index in [0.29, 0.717) is 16.6 Å². The molecule has 3 heteroatoms. The van der Waals surface area contributed by atoms with Crippen LogP contribution in [0.4, 0.5) is 4.39 Å². The zero-order chi connectivity index (χ0) is 8.72. The molecule has 0 N–H and O–H groups in total. The van der Waals surface area contributed by atoms with E-state index in [9.17, 15) is 9.60 Å². The van der Waals surface area contributed by atoms with Crippen molar-refractivity contribution >= 4 is 10.9 Å². The maximum Gasteiger partial charge on any atom is 0.123 e. The summed E-state index contributed by atoms with van der Waals surface area (Å²) in [5, 5.41) is 11.9. The van der Waals surface area contributed by atoms with Gasteiger partial charge in [0.15, 0.2) is 0 Å². The van der Waals surface area contributed by atoms with Crippen molar-refractivity contribution < 1.29 is 4.39 Å². The fourth-order valence-electron chi connectivity index (χ4n) is 1.30. The second kappa shape index (κ2) is 2.24. The van der Waals surface area contributed by atoms with E-state index >= 15 is 0 Å². The Balaban J connectivity index is 2.87. The number of aromatic nitrogens is 1. The predicted octanol–water partition coefficient (Wildman–Crippen LogP) is 2.43. The van der Waals surface area contributed by atoms with Gasteiger partial charge in [0.2, 0.25) is 0 Å². The zero-order valence-electron chi connectivity index (χ0n) is 6.54. The molecule has 0 aliphatic rings. The smallest absolute Gasteiger partial charge is 0.123 e. The Morgan fingerprint density at radius 2 is 2.08 bits per heavy atom. The van der Waals surface area contributed by atoms with E-state index in [4.69, 9.17) is 0 Å². The molecule has 0 spiro atoms. The van der Waals surface area contributed by atoms with Crippen molar-refractivity contribution in [1.82, 2.24) is 4.73 Å². The van der Waals surface area contributed by atoms with Crippen LogP contribution in [0.15, 0.2) is 24.3 Å². The Labute approximate surface area is 68.8 Å². The molecule has 12 heavy (non-hydrogen) atoms. The first-order valence-electron chi connectivity index (χ1n) is 3.63. The molecule has 0 radical (unpaired) electrons. The Morgan fingerprint density at radius 1 is 1.33 bits per heavy atom.